The molecule has 0 unspecified atom stereocenters. The maximum absolute atomic E-state index is 4.72. The van der Waals surface area contributed by atoms with Gasteiger partial charge in [0.25, 0.3) is 0 Å². The van der Waals surface area contributed by atoms with E-state index in [9.17, 15) is 0 Å². The highest BCUT2D eigenvalue weighted by molar-refractivity contribution is 9.10. The van der Waals surface area contributed by atoms with Gasteiger partial charge in [-0.3, -0.25) is 4.68 Å². The summed E-state index contributed by atoms with van der Waals surface area (Å²) in [6.45, 7) is 12.7. The molecule has 116 valence electrons. The van der Waals surface area contributed by atoms with E-state index in [-0.39, 0.29) is 5.54 Å². The molecule has 0 saturated carbocycles. The van der Waals surface area contributed by atoms with E-state index in [1.165, 1.54) is 20.6 Å². The molecule has 0 saturated heterocycles. The van der Waals surface area contributed by atoms with E-state index >= 15 is 0 Å². The Hall–Kier alpha value is -0.650. The van der Waals surface area contributed by atoms with Gasteiger partial charge >= 0.3 is 0 Å². The molecule has 2 heterocycles. The van der Waals surface area contributed by atoms with Crippen molar-refractivity contribution in [1.29, 1.82) is 0 Å². The van der Waals surface area contributed by atoms with Crippen molar-refractivity contribution in [3.8, 4) is 0 Å². The Bertz CT molecular complexity index is 608. The molecule has 1 N–H and O–H groups in total. The molecule has 0 spiro atoms. The van der Waals surface area contributed by atoms with E-state index in [1.807, 2.05) is 0 Å². The SMILES string of the molecule is Cc1nn(Cc2sccc2Br)c(C)c1CCNC(C)(C)C. The molecule has 3 nitrogen and oxygen atoms in total. The third-order valence-corrected chi connectivity index (χ3v) is 5.46. The van der Waals surface area contributed by atoms with Crippen LogP contribution in [0.2, 0.25) is 0 Å². The molecule has 0 atom stereocenters. The zero-order valence-corrected chi connectivity index (χ0v) is 15.9. The first-order valence-electron chi connectivity index (χ1n) is 7.27. The molecule has 0 amide bonds. The lowest BCUT2D eigenvalue weighted by Crippen LogP contribution is -2.37. The molecule has 2 rings (SSSR count). The Labute approximate surface area is 139 Å². The highest BCUT2D eigenvalue weighted by atomic mass is 79.9. The number of hydrogen-bond donors (Lipinski definition) is 1. The van der Waals surface area contributed by atoms with Crippen LogP contribution in [0.4, 0.5) is 0 Å². The van der Waals surface area contributed by atoms with Gasteiger partial charge in [-0.25, -0.2) is 0 Å². The fourth-order valence-electron chi connectivity index (χ4n) is 2.39. The highest BCUT2D eigenvalue weighted by Crippen LogP contribution is 2.25. The van der Waals surface area contributed by atoms with Crippen LogP contribution in [0, 0.1) is 13.8 Å². The molecule has 0 bridgehead atoms. The third-order valence-electron chi connectivity index (χ3n) is 3.55. The fourth-order valence-corrected chi connectivity index (χ4v) is 3.84. The number of halogens is 1. The molecule has 0 aromatic carbocycles. The van der Waals surface area contributed by atoms with Gasteiger partial charge in [0.05, 0.1) is 12.2 Å². The van der Waals surface area contributed by atoms with Crippen molar-refractivity contribution < 1.29 is 0 Å². The van der Waals surface area contributed by atoms with Gasteiger partial charge in [0.1, 0.15) is 0 Å². The molecule has 0 fully saturated rings. The summed E-state index contributed by atoms with van der Waals surface area (Å²) in [5, 5.41) is 10.4. The number of rotatable bonds is 5. The summed E-state index contributed by atoms with van der Waals surface area (Å²) in [7, 11) is 0. The highest BCUT2D eigenvalue weighted by Gasteiger charge is 2.14. The predicted octanol–water partition coefficient (Wildman–Crippen LogP) is 4.30. The van der Waals surface area contributed by atoms with Gasteiger partial charge in [0, 0.05) is 20.6 Å². The quantitative estimate of drug-likeness (QED) is 0.850. The van der Waals surface area contributed by atoms with Gasteiger partial charge in [0.2, 0.25) is 0 Å². The Morgan fingerprint density at radius 3 is 2.62 bits per heavy atom. The van der Waals surface area contributed by atoms with Gasteiger partial charge in [-0.2, -0.15) is 5.10 Å². The summed E-state index contributed by atoms with van der Waals surface area (Å²) in [5.41, 5.74) is 3.97. The van der Waals surface area contributed by atoms with Crippen molar-refractivity contribution in [2.75, 3.05) is 6.54 Å². The fraction of sp³-hybridized carbons (Fsp3) is 0.562. The van der Waals surface area contributed by atoms with Gasteiger partial charge in [-0.05, 0) is 80.5 Å². The third kappa shape index (κ3) is 4.41. The number of thiophene rings is 1. The van der Waals surface area contributed by atoms with Crippen molar-refractivity contribution in [1.82, 2.24) is 15.1 Å². The van der Waals surface area contributed by atoms with E-state index < -0.39 is 0 Å². The lowest BCUT2D eigenvalue weighted by atomic mass is 10.1. The van der Waals surface area contributed by atoms with Gasteiger partial charge in [-0.15, -0.1) is 11.3 Å². The second kappa shape index (κ2) is 6.63. The minimum Gasteiger partial charge on any atom is -0.312 e. The Morgan fingerprint density at radius 2 is 2.05 bits per heavy atom. The van der Waals surface area contributed by atoms with Crippen LogP contribution < -0.4 is 5.32 Å². The molecule has 0 aliphatic carbocycles. The number of nitrogens with one attached hydrogen (secondary N) is 1. The van der Waals surface area contributed by atoms with E-state index in [1.54, 1.807) is 11.3 Å². The predicted molar refractivity (Wildman–Crippen MR) is 94.3 cm³/mol. The number of aryl methyl sites for hydroxylation is 1. The van der Waals surface area contributed by atoms with Gasteiger partial charge in [-0.1, -0.05) is 0 Å². The molecule has 21 heavy (non-hydrogen) atoms. The monoisotopic (exact) mass is 369 g/mol. The first kappa shape index (κ1) is 16.7. The second-order valence-corrected chi connectivity index (χ2v) is 8.28. The van der Waals surface area contributed by atoms with Crippen molar-refractivity contribution in [3.05, 3.63) is 37.7 Å². The van der Waals surface area contributed by atoms with Crippen LogP contribution in [0.25, 0.3) is 0 Å². The van der Waals surface area contributed by atoms with E-state index in [0.29, 0.717) is 0 Å². The first-order chi connectivity index (χ1) is 9.78. The van der Waals surface area contributed by atoms with Crippen LogP contribution in [-0.4, -0.2) is 21.9 Å². The molecular formula is C16H24BrN3S. The number of hydrogen-bond acceptors (Lipinski definition) is 3. The van der Waals surface area contributed by atoms with Crippen LogP contribution in [0.5, 0.6) is 0 Å². The lowest BCUT2D eigenvalue weighted by Gasteiger charge is -2.20. The molecule has 2 aromatic rings. The molecule has 0 radical (unpaired) electrons. The Kier molecular flexibility index (Phi) is 5.28. The van der Waals surface area contributed by atoms with E-state index in [0.717, 1.165) is 25.2 Å². The number of nitrogens with zero attached hydrogens (tertiary/aromatic N) is 2. The zero-order chi connectivity index (χ0) is 15.6. The van der Waals surface area contributed by atoms with Gasteiger partial charge in [0.15, 0.2) is 0 Å². The largest absolute Gasteiger partial charge is 0.312 e. The standard InChI is InChI=1S/C16H24BrN3S/c1-11-13(6-8-18-16(3,4)5)12(2)20(19-11)10-15-14(17)7-9-21-15/h7,9,18H,6,8,10H2,1-5H3. The molecule has 0 aliphatic heterocycles. The van der Waals surface area contributed by atoms with E-state index in [4.69, 9.17) is 5.10 Å². The average Bonchev–Trinajstić information content (AvgIpc) is 2.87. The smallest absolute Gasteiger partial charge is 0.0766 e. The van der Waals surface area contributed by atoms with Crippen molar-refractivity contribution >= 4 is 27.3 Å². The normalized spacial score (nSPS) is 12.1. The van der Waals surface area contributed by atoms with Crippen molar-refractivity contribution in [2.45, 2.75) is 53.1 Å². The van der Waals surface area contributed by atoms with Gasteiger partial charge < -0.3 is 5.32 Å². The average molecular weight is 370 g/mol. The molecule has 5 heteroatoms. The van der Waals surface area contributed by atoms with Crippen LogP contribution in [0.1, 0.15) is 42.6 Å². The minimum atomic E-state index is 0.166. The lowest BCUT2D eigenvalue weighted by molar-refractivity contribution is 0.429. The molecule has 0 aliphatic rings. The minimum absolute atomic E-state index is 0.166. The molecule has 2 aromatic heterocycles. The summed E-state index contributed by atoms with van der Waals surface area (Å²) in [6.07, 6.45) is 1.03. The van der Waals surface area contributed by atoms with Crippen LogP contribution >= 0.6 is 27.3 Å². The van der Waals surface area contributed by atoms with Crippen molar-refractivity contribution in [3.63, 3.8) is 0 Å². The summed E-state index contributed by atoms with van der Waals surface area (Å²) < 4.78 is 3.30. The van der Waals surface area contributed by atoms with Crippen LogP contribution in [-0.2, 0) is 13.0 Å². The number of aromatic nitrogens is 2. The Balaban J connectivity index is 2.09. The molecular weight excluding hydrogens is 346 g/mol. The maximum atomic E-state index is 4.72. The van der Waals surface area contributed by atoms with Crippen LogP contribution in [0.15, 0.2) is 15.9 Å². The van der Waals surface area contributed by atoms with Crippen molar-refractivity contribution in [2.24, 2.45) is 0 Å². The zero-order valence-electron chi connectivity index (χ0n) is 13.5. The Morgan fingerprint density at radius 1 is 1.33 bits per heavy atom. The first-order valence-corrected chi connectivity index (χ1v) is 8.95. The summed E-state index contributed by atoms with van der Waals surface area (Å²) in [4.78, 5) is 1.32. The van der Waals surface area contributed by atoms with Crippen LogP contribution in [0.3, 0.4) is 0 Å². The maximum Gasteiger partial charge on any atom is 0.0766 e. The summed E-state index contributed by atoms with van der Waals surface area (Å²) in [5.74, 6) is 0. The summed E-state index contributed by atoms with van der Waals surface area (Å²) >= 11 is 5.37. The summed E-state index contributed by atoms with van der Waals surface area (Å²) in [6, 6.07) is 2.10. The second-order valence-electron chi connectivity index (χ2n) is 6.43. The topological polar surface area (TPSA) is 29.9 Å². The van der Waals surface area contributed by atoms with E-state index in [2.05, 4.69) is 72.0 Å².